The van der Waals surface area contributed by atoms with Crippen molar-refractivity contribution in [1.29, 1.82) is 0 Å². The van der Waals surface area contributed by atoms with Crippen LogP contribution >= 0.6 is 0 Å². The summed E-state index contributed by atoms with van der Waals surface area (Å²) < 4.78 is 28.7. The van der Waals surface area contributed by atoms with Crippen LogP contribution < -0.4 is 10.3 Å². The van der Waals surface area contributed by atoms with Gasteiger partial charge in [-0.1, -0.05) is 54.6 Å². The molecule has 1 aliphatic rings. The highest BCUT2D eigenvalue weighted by Crippen LogP contribution is 2.30. The minimum absolute atomic E-state index is 0.0285. The molecule has 2 atom stereocenters. The second kappa shape index (κ2) is 8.44. The topological polar surface area (TPSA) is 68.2 Å². The van der Waals surface area contributed by atoms with Gasteiger partial charge in [0.25, 0.3) is 5.56 Å². The number of rotatable bonds is 5. The van der Waals surface area contributed by atoms with Crippen LogP contribution in [0.4, 0.5) is 0 Å². The molecule has 2 unspecified atom stereocenters. The van der Waals surface area contributed by atoms with E-state index in [0.29, 0.717) is 24.8 Å². The van der Waals surface area contributed by atoms with Crippen molar-refractivity contribution in [3.05, 3.63) is 93.4 Å². The Morgan fingerprint density at radius 3 is 2.42 bits per heavy atom. The third-order valence-corrected chi connectivity index (χ3v) is 6.91. The highest BCUT2D eigenvalue weighted by atomic mass is 32.2. The molecule has 31 heavy (non-hydrogen) atoms. The SMILES string of the molecule is Cc1cc2n(c(=O)c1C)C(Cc1cccc(-c3ccccc3)c1)C(NS(C)(=O)=O)CC2. The van der Waals surface area contributed by atoms with Crippen molar-refractivity contribution in [3.63, 3.8) is 0 Å². The highest BCUT2D eigenvalue weighted by Gasteiger charge is 2.32. The molecule has 0 bridgehead atoms. The van der Waals surface area contributed by atoms with Crippen LogP contribution in [0.5, 0.6) is 0 Å². The van der Waals surface area contributed by atoms with Crippen molar-refractivity contribution in [2.24, 2.45) is 0 Å². The fourth-order valence-electron chi connectivity index (χ4n) is 4.54. The summed E-state index contributed by atoms with van der Waals surface area (Å²) >= 11 is 0. The first-order valence-corrected chi connectivity index (χ1v) is 12.5. The van der Waals surface area contributed by atoms with Crippen molar-refractivity contribution in [1.82, 2.24) is 9.29 Å². The van der Waals surface area contributed by atoms with Gasteiger partial charge in [0, 0.05) is 17.3 Å². The second-order valence-electron chi connectivity index (χ2n) is 8.49. The Morgan fingerprint density at radius 1 is 1.00 bits per heavy atom. The van der Waals surface area contributed by atoms with Crippen LogP contribution in [0.25, 0.3) is 11.1 Å². The van der Waals surface area contributed by atoms with Gasteiger partial charge >= 0.3 is 0 Å². The molecular weight excluding hydrogens is 408 g/mol. The zero-order chi connectivity index (χ0) is 22.2. The molecule has 1 aliphatic heterocycles. The average Bonchev–Trinajstić information content (AvgIpc) is 2.73. The van der Waals surface area contributed by atoms with Gasteiger partial charge in [-0.2, -0.15) is 0 Å². The van der Waals surface area contributed by atoms with Gasteiger partial charge in [-0.3, -0.25) is 4.79 Å². The zero-order valence-electron chi connectivity index (χ0n) is 18.1. The number of hydrogen-bond acceptors (Lipinski definition) is 3. The predicted molar refractivity (Wildman–Crippen MR) is 125 cm³/mol. The molecule has 0 amide bonds. The van der Waals surface area contributed by atoms with E-state index >= 15 is 0 Å². The minimum atomic E-state index is -3.40. The maximum Gasteiger partial charge on any atom is 0.254 e. The average molecular weight is 437 g/mol. The van der Waals surface area contributed by atoms with E-state index in [1.165, 1.54) is 6.26 Å². The molecule has 4 rings (SSSR count). The van der Waals surface area contributed by atoms with Crippen molar-refractivity contribution in [2.75, 3.05) is 6.26 Å². The second-order valence-corrected chi connectivity index (χ2v) is 10.3. The van der Waals surface area contributed by atoms with E-state index in [4.69, 9.17) is 0 Å². The number of hydrogen-bond donors (Lipinski definition) is 1. The molecule has 1 aromatic heterocycles. The maximum absolute atomic E-state index is 13.2. The van der Waals surface area contributed by atoms with Gasteiger partial charge < -0.3 is 4.57 Å². The molecular formula is C25H28N2O3S. The van der Waals surface area contributed by atoms with Crippen LogP contribution in [0.15, 0.2) is 65.5 Å². The van der Waals surface area contributed by atoms with Gasteiger partial charge in [0.1, 0.15) is 0 Å². The quantitative estimate of drug-likeness (QED) is 0.662. The Hall–Kier alpha value is -2.70. The number of sulfonamides is 1. The molecule has 1 N–H and O–H groups in total. The fraction of sp³-hybridized carbons (Fsp3) is 0.320. The van der Waals surface area contributed by atoms with Gasteiger partial charge in [-0.25, -0.2) is 13.1 Å². The number of pyridine rings is 1. The van der Waals surface area contributed by atoms with Crippen LogP contribution in [-0.2, 0) is 22.9 Å². The predicted octanol–water partition coefficient (Wildman–Crippen LogP) is 3.78. The summed E-state index contributed by atoms with van der Waals surface area (Å²) in [5.74, 6) is 0. The van der Waals surface area contributed by atoms with E-state index in [9.17, 15) is 13.2 Å². The van der Waals surface area contributed by atoms with Gasteiger partial charge in [-0.15, -0.1) is 0 Å². The lowest BCUT2D eigenvalue weighted by molar-refractivity contribution is 0.314. The van der Waals surface area contributed by atoms with Crippen molar-refractivity contribution in [2.45, 2.75) is 45.2 Å². The van der Waals surface area contributed by atoms with Gasteiger partial charge in [0.05, 0.1) is 12.3 Å². The van der Waals surface area contributed by atoms with E-state index in [2.05, 4.69) is 35.1 Å². The summed E-state index contributed by atoms with van der Waals surface area (Å²) in [6.07, 6.45) is 3.09. The summed E-state index contributed by atoms with van der Waals surface area (Å²) in [5, 5.41) is 0. The molecule has 162 valence electrons. The van der Waals surface area contributed by atoms with Crippen molar-refractivity contribution < 1.29 is 8.42 Å². The molecule has 0 fully saturated rings. The normalized spacial score (nSPS) is 18.5. The molecule has 5 nitrogen and oxygen atoms in total. The number of fused-ring (bicyclic) bond motifs is 1. The van der Waals surface area contributed by atoms with E-state index in [-0.39, 0.29) is 17.6 Å². The Kier molecular flexibility index (Phi) is 5.86. The number of nitrogens with zero attached hydrogens (tertiary/aromatic N) is 1. The molecule has 0 spiro atoms. The Bertz CT molecular complexity index is 1260. The zero-order valence-corrected chi connectivity index (χ0v) is 18.9. The standard InChI is InChI=1S/C25H28N2O3S/c1-17-14-22-12-13-23(26-31(3,29)30)24(27(22)25(28)18(17)2)16-19-8-7-11-21(15-19)20-9-5-4-6-10-20/h4-11,14-15,23-24,26H,12-13,16H2,1-3H3. The van der Waals surface area contributed by atoms with Crippen LogP contribution in [0.1, 0.15) is 34.8 Å². The lowest BCUT2D eigenvalue weighted by Gasteiger charge is -2.36. The third kappa shape index (κ3) is 4.65. The monoisotopic (exact) mass is 436 g/mol. The molecule has 2 heterocycles. The van der Waals surface area contributed by atoms with Crippen molar-refractivity contribution in [3.8, 4) is 11.1 Å². The fourth-order valence-corrected chi connectivity index (χ4v) is 5.36. The van der Waals surface area contributed by atoms with Gasteiger partial charge in [0.15, 0.2) is 0 Å². The van der Waals surface area contributed by atoms with E-state index in [1.807, 2.05) is 48.7 Å². The number of aromatic nitrogens is 1. The van der Waals surface area contributed by atoms with Crippen LogP contribution in [0.3, 0.4) is 0 Å². The first-order chi connectivity index (χ1) is 14.7. The molecule has 2 aromatic carbocycles. The lowest BCUT2D eigenvalue weighted by Crippen LogP contribution is -2.48. The Balaban J connectivity index is 1.77. The Labute approximate surface area is 183 Å². The van der Waals surface area contributed by atoms with Crippen LogP contribution in [0.2, 0.25) is 0 Å². The molecule has 3 aromatic rings. The number of benzene rings is 2. The summed E-state index contributed by atoms with van der Waals surface area (Å²) in [6, 6.07) is 19.9. The maximum atomic E-state index is 13.2. The first kappa shape index (κ1) is 21.5. The first-order valence-electron chi connectivity index (χ1n) is 10.6. The minimum Gasteiger partial charge on any atom is -0.307 e. The third-order valence-electron chi connectivity index (χ3n) is 6.18. The van der Waals surface area contributed by atoms with E-state index in [0.717, 1.165) is 27.9 Å². The Morgan fingerprint density at radius 2 is 1.71 bits per heavy atom. The molecule has 0 saturated heterocycles. The van der Waals surface area contributed by atoms with Crippen molar-refractivity contribution >= 4 is 10.0 Å². The smallest absolute Gasteiger partial charge is 0.254 e. The van der Waals surface area contributed by atoms with E-state index in [1.54, 1.807) is 0 Å². The van der Waals surface area contributed by atoms with Crippen LogP contribution in [0, 0.1) is 13.8 Å². The number of aryl methyl sites for hydroxylation is 2. The summed E-state index contributed by atoms with van der Waals surface area (Å²) in [4.78, 5) is 13.2. The summed E-state index contributed by atoms with van der Waals surface area (Å²) in [5.41, 5.74) is 5.95. The lowest BCUT2D eigenvalue weighted by atomic mass is 9.89. The van der Waals surface area contributed by atoms with Gasteiger partial charge in [-0.05, 0) is 61.4 Å². The molecule has 0 aliphatic carbocycles. The molecule has 0 saturated carbocycles. The molecule has 0 radical (unpaired) electrons. The van der Waals surface area contributed by atoms with E-state index < -0.39 is 10.0 Å². The highest BCUT2D eigenvalue weighted by molar-refractivity contribution is 7.88. The number of nitrogens with one attached hydrogen (secondary N) is 1. The summed E-state index contributed by atoms with van der Waals surface area (Å²) in [6.45, 7) is 3.79. The summed E-state index contributed by atoms with van der Waals surface area (Å²) in [7, 11) is -3.40. The largest absolute Gasteiger partial charge is 0.307 e. The molecule has 6 heteroatoms. The van der Waals surface area contributed by atoms with Gasteiger partial charge in [0.2, 0.25) is 10.0 Å². The van der Waals surface area contributed by atoms with Crippen LogP contribution in [-0.4, -0.2) is 25.3 Å².